The molecule has 0 aliphatic carbocycles. The van der Waals surface area contributed by atoms with E-state index in [9.17, 15) is 9.18 Å². The third kappa shape index (κ3) is 5.31. The van der Waals surface area contributed by atoms with Gasteiger partial charge in [0.2, 0.25) is 5.82 Å². The van der Waals surface area contributed by atoms with Crippen LogP contribution >= 0.6 is 0 Å². The van der Waals surface area contributed by atoms with Crippen LogP contribution in [0, 0.1) is 5.82 Å². The summed E-state index contributed by atoms with van der Waals surface area (Å²) < 4.78 is 29.1. The number of ether oxygens (including phenoxy) is 2. The fraction of sp³-hybridized carbons (Fsp3) is 0.286. The predicted molar refractivity (Wildman–Crippen MR) is 105 cm³/mol. The van der Waals surface area contributed by atoms with Crippen molar-refractivity contribution < 1.29 is 23.3 Å². The minimum Gasteiger partial charge on any atom is -0.494 e. The third-order valence-electron chi connectivity index (χ3n) is 4.09. The topological polar surface area (TPSA) is 86.5 Å². The summed E-state index contributed by atoms with van der Waals surface area (Å²) in [6.07, 6.45) is 0.548. The van der Waals surface area contributed by atoms with Crippen molar-refractivity contribution in [3.05, 3.63) is 54.3 Å². The molecule has 7 nitrogen and oxygen atoms in total. The Balaban J connectivity index is 1.69. The Kier molecular flexibility index (Phi) is 6.78. The van der Waals surface area contributed by atoms with E-state index < -0.39 is 12.0 Å². The number of benzene rings is 2. The molecular formula is C21H22FN3O4. The first kappa shape index (κ1) is 20.3. The molecule has 0 spiro atoms. The van der Waals surface area contributed by atoms with Crippen molar-refractivity contribution in [3.63, 3.8) is 0 Å². The zero-order valence-corrected chi connectivity index (χ0v) is 16.2. The average molecular weight is 399 g/mol. The molecule has 0 saturated heterocycles. The molecule has 1 atom stereocenters. The van der Waals surface area contributed by atoms with Gasteiger partial charge in [-0.2, -0.15) is 0 Å². The minimum absolute atomic E-state index is 0.193. The largest absolute Gasteiger partial charge is 0.494 e. The maximum Gasteiger partial charge on any atom is 0.266 e. The van der Waals surface area contributed by atoms with Crippen molar-refractivity contribution in [2.24, 2.45) is 0 Å². The standard InChI is InChI=1S/C21H22FN3O4/c1-3-13-27-16-9-5-14(6-10-16)19-20(25-29-24-19)23-21(26)18(4-2)28-17-11-7-15(22)8-12-17/h5-12,18H,3-4,13H2,1-2H3,(H,23,25,26)/t18-/m1/s1. The molecule has 0 radical (unpaired) electrons. The first-order valence-corrected chi connectivity index (χ1v) is 9.39. The van der Waals surface area contributed by atoms with Crippen molar-refractivity contribution in [1.82, 2.24) is 10.3 Å². The van der Waals surface area contributed by atoms with Crippen molar-refractivity contribution in [1.29, 1.82) is 0 Å². The first-order chi connectivity index (χ1) is 14.1. The molecule has 1 heterocycles. The summed E-state index contributed by atoms with van der Waals surface area (Å²) in [5, 5.41) is 10.4. The number of carbonyl (C=O) groups excluding carboxylic acids is 1. The smallest absolute Gasteiger partial charge is 0.266 e. The Hall–Kier alpha value is -3.42. The highest BCUT2D eigenvalue weighted by Crippen LogP contribution is 2.27. The van der Waals surface area contributed by atoms with Gasteiger partial charge in [0, 0.05) is 5.56 Å². The van der Waals surface area contributed by atoms with Gasteiger partial charge in [0.15, 0.2) is 11.8 Å². The second-order valence-electron chi connectivity index (χ2n) is 6.29. The number of hydrogen-bond acceptors (Lipinski definition) is 6. The lowest BCUT2D eigenvalue weighted by atomic mass is 10.1. The van der Waals surface area contributed by atoms with E-state index in [1.165, 1.54) is 24.3 Å². The van der Waals surface area contributed by atoms with Crippen molar-refractivity contribution >= 4 is 11.7 Å². The van der Waals surface area contributed by atoms with Gasteiger partial charge in [-0.1, -0.05) is 13.8 Å². The SMILES string of the molecule is CCCOc1ccc(-c2nonc2NC(=O)[C@@H](CC)Oc2ccc(F)cc2)cc1. The lowest BCUT2D eigenvalue weighted by Crippen LogP contribution is -2.32. The second-order valence-corrected chi connectivity index (χ2v) is 6.29. The van der Waals surface area contributed by atoms with E-state index in [-0.39, 0.29) is 11.6 Å². The van der Waals surface area contributed by atoms with Crippen LogP contribution in [0.15, 0.2) is 53.2 Å². The maximum absolute atomic E-state index is 13.0. The second kappa shape index (κ2) is 9.68. The van der Waals surface area contributed by atoms with Gasteiger partial charge >= 0.3 is 0 Å². The molecule has 0 saturated carbocycles. The summed E-state index contributed by atoms with van der Waals surface area (Å²) in [4.78, 5) is 12.6. The summed E-state index contributed by atoms with van der Waals surface area (Å²) in [5.41, 5.74) is 1.12. The molecule has 8 heteroatoms. The summed E-state index contributed by atoms with van der Waals surface area (Å²) in [5.74, 6) is 0.556. The fourth-order valence-electron chi connectivity index (χ4n) is 2.59. The van der Waals surface area contributed by atoms with Gasteiger partial charge in [-0.25, -0.2) is 9.02 Å². The van der Waals surface area contributed by atoms with E-state index >= 15 is 0 Å². The highest BCUT2D eigenvalue weighted by molar-refractivity contribution is 5.96. The Morgan fingerprint density at radius 2 is 1.76 bits per heavy atom. The first-order valence-electron chi connectivity index (χ1n) is 9.39. The van der Waals surface area contributed by atoms with Gasteiger partial charge in [-0.3, -0.25) is 4.79 Å². The number of carbonyl (C=O) groups is 1. The molecule has 1 N–H and O–H groups in total. The molecule has 1 amide bonds. The molecule has 0 unspecified atom stereocenters. The molecule has 29 heavy (non-hydrogen) atoms. The molecule has 3 rings (SSSR count). The summed E-state index contributed by atoms with van der Waals surface area (Å²) in [7, 11) is 0. The van der Waals surface area contributed by atoms with Gasteiger partial charge in [0.25, 0.3) is 5.91 Å². The van der Waals surface area contributed by atoms with Crippen LogP contribution in [-0.4, -0.2) is 28.9 Å². The number of nitrogens with zero attached hydrogens (tertiary/aromatic N) is 2. The fourth-order valence-corrected chi connectivity index (χ4v) is 2.59. The maximum atomic E-state index is 13.0. The van der Waals surface area contributed by atoms with Crippen LogP contribution in [0.5, 0.6) is 11.5 Å². The summed E-state index contributed by atoms with van der Waals surface area (Å²) in [6.45, 7) is 4.48. The summed E-state index contributed by atoms with van der Waals surface area (Å²) in [6, 6.07) is 12.7. The number of rotatable bonds is 9. The van der Waals surface area contributed by atoms with Crippen LogP contribution in [0.2, 0.25) is 0 Å². The molecule has 0 bridgehead atoms. The molecule has 2 aromatic carbocycles. The van der Waals surface area contributed by atoms with E-state index in [1.807, 2.05) is 38.1 Å². The van der Waals surface area contributed by atoms with Gasteiger partial charge in [0.1, 0.15) is 17.3 Å². The van der Waals surface area contributed by atoms with Crippen molar-refractivity contribution in [2.45, 2.75) is 32.8 Å². The van der Waals surface area contributed by atoms with Gasteiger partial charge < -0.3 is 14.8 Å². The van der Waals surface area contributed by atoms with Crippen molar-refractivity contribution in [3.8, 4) is 22.8 Å². The molecule has 0 aliphatic heterocycles. The van der Waals surface area contributed by atoms with Crippen LogP contribution in [0.1, 0.15) is 26.7 Å². The van der Waals surface area contributed by atoms with Gasteiger partial charge in [-0.15, -0.1) is 0 Å². The van der Waals surface area contributed by atoms with E-state index in [1.54, 1.807) is 0 Å². The van der Waals surface area contributed by atoms with E-state index in [0.29, 0.717) is 24.5 Å². The molecule has 3 aromatic rings. The van der Waals surface area contributed by atoms with Crippen LogP contribution in [0.25, 0.3) is 11.3 Å². The number of halogens is 1. The Morgan fingerprint density at radius 1 is 1.07 bits per heavy atom. The van der Waals surface area contributed by atoms with Gasteiger partial charge in [0.05, 0.1) is 6.61 Å². The molecule has 0 aliphatic rings. The predicted octanol–water partition coefficient (Wildman–Crippen LogP) is 4.46. The van der Waals surface area contributed by atoms with E-state index in [2.05, 4.69) is 15.6 Å². The molecule has 152 valence electrons. The lowest BCUT2D eigenvalue weighted by molar-refractivity contribution is -0.122. The minimum atomic E-state index is -0.783. The Morgan fingerprint density at radius 3 is 2.41 bits per heavy atom. The molecule has 1 aromatic heterocycles. The van der Waals surface area contributed by atoms with Crippen LogP contribution < -0.4 is 14.8 Å². The lowest BCUT2D eigenvalue weighted by Gasteiger charge is -2.16. The van der Waals surface area contributed by atoms with Gasteiger partial charge in [-0.05, 0) is 71.7 Å². The monoisotopic (exact) mass is 399 g/mol. The number of amides is 1. The zero-order valence-electron chi connectivity index (χ0n) is 16.2. The average Bonchev–Trinajstić information content (AvgIpc) is 3.20. The Bertz CT molecular complexity index is 926. The number of aromatic nitrogens is 2. The number of hydrogen-bond donors (Lipinski definition) is 1. The third-order valence-corrected chi connectivity index (χ3v) is 4.09. The number of nitrogens with one attached hydrogen (secondary N) is 1. The zero-order chi connectivity index (χ0) is 20.6. The highest BCUT2D eigenvalue weighted by Gasteiger charge is 2.22. The van der Waals surface area contributed by atoms with Crippen molar-refractivity contribution in [2.75, 3.05) is 11.9 Å². The highest BCUT2D eigenvalue weighted by atomic mass is 19.1. The van der Waals surface area contributed by atoms with E-state index in [4.69, 9.17) is 14.1 Å². The van der Waals surface area contributed by atoms with E-state index in [0.717, 1.165) is 17.7 Å². The summed E-state index contributed by atoms with van der Waals surface area (Å²) >= 11 is 0. The van der Waals surface area contributed by atoms with Crippen LogP contribution in [0.3, 0.4) is 0 Å². The van der Waals surface area contributed by atoms with Crippen LogP contribution in [-0.2, 0) is 4.79 Å². The molecule has 0 fully saturated rings. The molecular weight excluding hydrogens is 377 g/mol. The number of anilines is 1. The Labute approximate surface area is 167 Å². The normalized spacial score (nSPS) is 11.7. The van der Waals surface area contributed by atoms with Crippen LogP contribution in [0.4, 0.5) is 10.2 Å². The quantitative estimate of drug-likeness (QED) is 0.572.